The monoisotopic (exact) mass is 329 g/mol. The summed E-state index contributed by atoms with van der Waals surface area (Å²) in [5.74, 6) is -0.273. The summed E-state index contributed by atoms with van der Waals surface area (Å²) in [5.41, 5.74) is 0.848. The van der Waals surface area contributed by atoms with E-state index in [-0.39, 0.29) is 23.9 Å². The van der Waals surface area contributed by atoms with Gasteiger partial charge in [0, 0.05) is 23.8 Å². The van der Waals surface area contributed by atoms with Crippen LogP contribution in [0.4, 0.5) is 0 Å². The lowest BCUT2D eigenvalue weighted by atomic mass is 10.1. The number of rotatable bonds is 4. The second-order valence-electron chi connectivity index (χ2n) is 7.05. The quantitative estimate of drug-likeness (QED) is 0.833. The first kappa shape index (κ1) is 16.9. The first-order valence-corrected chi connectivity index (χ1v) is 9.30. The number of hydrogen-bond acceptors (Lipinski definition) is 3. The molecule has 1 aromatic heterocycles. The van der Waals surface area contributed by atoms with E-state index >= 15 is 0 Å². The minimum atomic E-state index is -0.175. The maximum atomic E-state index is 12.5. The minimum Gasteiger partial charge on any atom is -0.349 e. The van der Waals surface area contributed by atoms with Crippen molar-refractivity contribution in [2.45, 2.75) is 76.3 Å². The molecule has 2 aliphatic rings. The number of carbonyl (C=O) groups excluding carboxylic acids is 2. The Morgan fingerprint density at radius 2 is 1.38 bits per heavy atom. The molecule has 0 saturated heterocycles. The van der Waals surface area contributed by atoms with E-state index in [4.69, 9.17) is 0 Å². The van der Waals surface area contributed by atoms with Crippen LogP contribution in [0.5, 0.6) is 0 Å². The summed E-state index contributed by atoms with van der Waals surface area (Å²) in [6.45, 7) is 0. The number of nitrogens with one attached hydrogen (secondary N) is 2. The molecular weight excluding hydrogens is 302 g/mol. The maximum absolute atomic E-state index is 12.5. The summed E-state index contributed by atoms with van der Waals surface area (Å²) < 4.78 is 0. The highest BCUT2D eigenvalue weighted by Crippen LogP contribution is 2.19. The lowest BCUT2D eigenvalue weighted by molar-refractivity contribution is 0.0933. The molecule has 0 atom stereocenters. The van der Waals surface area contributed by atoms with E-state index in [9.17, 15) is 9.59 Å². The van der Waals surface area contributed by atoms with Gasteiger partial charge in [-0.1, -0.05) is 38.5 Å². The summed E-state index contributed by atoms with van der Waals surface area (Å²) in [4.78, 5) is 28.9. The SMILES string of the molecule is O=C(NC1CCCCCC1)c1ccnc(C(=O)NC2CCCC2)c1. The average molecular weight is 329 g/mol. The molecule has 0 bridgehead atoms. The van der Waals surface area contributed by atoms with E-state index < -0.39 is 0 Å². The lowest BCUT2D eigenvalue weighted by Gasteiger charge is -2.16. The molecule has 2 amide bonds. The highest BCUT2D eigenvalue weighted by molar-refractivity contribution is 5.98. The Hall–Kier alpha value is -1.91. The molecule has 2 N–H and O–H groups in total. The van der Waals surface area contributed by atoms with Crippen molar-refractivity contribution < 1.29 is 9.59 Å². The van der Waals surface area contributed by atoms with Gasteiger partial charge in [0.15, 0.2) is 0 Å². The highest BCUT2D eigenvalue weighted by atomic mass is 16.2. The fraction of sp³-hybridized carbons (Fsp3) is 0.632. The molecule has 3 rings (SSSR count). The first-order chi connectivity index (χ1) is 11.7. The Bertz CT molecular complexity index is 574. The Kier molecular flexibility index (Phi) is 5.83. The van der Waals surface area contributed by atoms with Gasteiger partial charge in [0.1, 0.15) is 5.69 Å². The fourth-order valence-corrected chi connectivity index (χ4v) is 3.72. The third-order valence-corrected chi connectivity index (χ3v) is 5.14. The molecule has 5 nitrogen and oxygen atoms in total. The smallest absolute Gasteiger partial charge is 0.270 e. The van der Waals surface area contributed by atoms with E-state index in [1.165, 1.54) is 38.5 Å². The molecule has 2 aliphatic carbocycles. The Labute approximate surface area is 143 Å². The molecule has 1 heterocycles. The highest BCUT2D eigenvalue weighted by Gasteiger charge is 2.20. The van der Waals surface area contributed by atoms with Crippen LogP contribution in [0.25, 0.3) is 0 Å². The van der Waals surface area contributed by atoms with E-state index in [1.54, 1.807) is 18.3 Å². The Morgan fingerprint density at radius 3 is 2.00 bits per heavy atom. The van der Waals surface area contributed by atoms with Crippen LogP contribution in [0, 0.1) is 0 Å². The zero-order valence-corrected chi connectivity index (χ0v) is 14.2. The van der Waals surface area contributed by atoms with Crippen molar-refractivity contribution in [3.63, 3.8) is 0 Å². The van der Waals surface area contributed by atoms with Gasteiger partial charge in [-0.2, -0.15) is 0 Å². The topological polar surface area (TPSA) is 71.1 Å². The van der Waals surface area contributed by atoms with Gasteiger partial charge in [-0.25, -0.2) is 0 Å². The van der Waals surface area contributed by atoms with Gasteiger partial charge < -0.3 is 10.6 Å². The number of pyridine rings is 1. The lowest BCUT2D eigenvalue weighted by Crippen LogP contribution is -2.35. The molecule has 24 heavy (non-hydrogen) atoms. The second-order valence-corrected chi connectivity index (χ2v) is 7.05. The average Bonchev–Trinajstić information content (AvgIpc) is 2.97. The Balaban J connectivity index is 1.60. The van der Waals surface area contributed by atoms with Crippen LogP contribution < -0.4 is 10.6 Å². The molecule has 2 saturated carbocycles. The largest absolute Gasteiger partial charge is 0.349 e. The third-order valence-electron chi connectivity index (χ3n) is 5.14. The van der Waals surface area contributed by atoms with Crippen LogP contribution in [-0.4, -0.2) is 28.9 Å². The number of hydrogen-bond donors (Lipinski definition) is 2. The fourth-order valence-electron chi connectivity index (χ4n) is 3.72. The van der Waals surface area contributed by atoms with Crippen LogP contribution in [0.15, 0.2) is 18.3 Å². The van der Waals surface area contributed by atoms with Crippen molar-refractivity contribution in [1.82, 2.24) is 15.6 Å². The number of nitrogens with zero attached hydrogens (tertiary/aromatic N) is 1. The zero-order valence-electron chi connectivity index (χ0n) is 14.2. The second kappa shape index (κ2) is 8.27. The van der Waals surface area contributed by atoms with Gasteiger partial charge in [-0.05, 0) is 37.8 Å². The van der Waals surface area contributed by atoms with Crippen molar-refractivity contribution >= 4 is 11.8 Å². The molecule has 130 valence electrons. The molecular formula is C19H27N3O2. The minimum absolute atomic E-state index is 0.0979. The molecule has 0 spiro atoms. The van der Waals surface area contributed by atoms with E-state index in [1.807, 2.05) is 0 Å². The number of aromatic nitrogens is 1. The van der Waals surface area contributed by atoms with Crippen molar-refractivity contribution in [2.24, 2.45) is 0 Å². The summed E-state index contributed by atoms with van der Waals surface area (Å²) in [5, 5.41) is 6.13. The van der Waals surface area contributed by atoms with Crippen molar-refractivity contribution in [1.29, 1.82) is 0 Å². The molecule has 0 aromatic carbocycles. The van der Waals surface area contributed by atoms with Crippen LogP contribution in [-0.2, 0) is 0 Å². The molecule has 0 radical (unpaired) electrons. The normalized spacial score (nSPS) is 19.7. The molecule has 1 aromatic rings. The zero-order chi connectivity index (χ0) is 16.8. The van der Waals surface area contributed by atoms with Gasteiger partial charge in [0.05, 0.1) is 0 Å². The van der Waals surface area contributed by atoms with Crippen LogP contribution in [0.1, 0.15) is 85.1 Å². The van der Waals surface area contributed by atoms with Crippen LogP contribution in [0.3, 0.4) is 0 Å². The van der Waals surface area contributed by atoms with Gasteiger partial charge >= 0.3 is 0 Å². The number of amides is 2. The van der Waals surface area contributed by atoms with Crippen molar-refractivity contribution in [3.05, 3.63) is 29.6 Å². The van der Waals surface area contributed by atoms with E-state index in [0.29, 0.717) is 11.3 Å². The van der Waals surface area contributed by atoms with Crippen molar-refractivity contribution in [2.75, 3.05) is 0 Å². The molecule has 0 unspecified atom stereocenters. The molecule has 2 fully saturated rings. The number of carbonyl (C=O) groups is 2. The van der Waals surface area contributed by atoms with Crippen LogP contribution in [0.2, 0.25) is 0 Å². The van der Waals surface area contributed by atoms with Gasteiger partial charge in [-0.15, -0.1) is 0 Å². The first-order valence-electron chi connectivity index (χ1n) is 9.30. The maximum Gasteiger partial charge on any atom is 0.270 e. The van der Waals surface area contributed by atoms with Gasteiger partial charge in [-0.3, -0.25) is 14.6 Å². The van der Waals surface area contributed by atoms with Gasteiger partial charge in [0.2, 0.25) is 0 Å². The summed E-state index contributed by atoms with van der Waals surface area (Å²) in [6, 6.07) is 3.79. The summed E-state index contributed by atoms with van der Waals surface area (Å²) in [6.07, 6.45) is 12.9. The third kappa shape index (κ3) is 4.56. The molecule has 0 aliphatic heterocycles. The van der Waals surface area contributed by atoms with Crippen LogP contribution >= 0.6 is 0 Å². The summed E-state index contributed by atoms with van der Waals surface area (Å²) in [7, 11) is 0. The van der Waals surface area contributed by atoms with Gasteiger partial charge in [0.25, 0.3) is 11.8 Å². The molecule has 5 heteroatoms. The standard InChI is InChI=1S/C19H27N3O2/c23-18(21-15-7-3-1-2-4-8-15)14-11-12-20-17(13-14)19(24)22-16-9-5-6-10-16/h11-13,15-16H,1-10H2,(H,21,23)(H,22,24). The van der Waals surface area contributed by atoms with Crippen molar-refractivity contribution in [3.8, 4) is 0 Å². The summed E-state index contributed by atoms with van der Waals surface area (Å²) >= 11 is 0. The predicted molar refractivity (Wildman–Crippen MR) is 92.9 cm³/mol. The van der Waals surface area contributed by atoms with E-state index in [0.717, 1.165) is 25.7 Å². The predicted octanol–water partition coefficient (Wildman–Crippen LogP) is 3.21. The Morgan fingerprint density at radius 1 is 0.833 bits per heavy atom. The van der Waals surface area contributed by atoms with E-state index in [2.05, 4.69) is 15.6 Å².